The van der Waals surface area contributed by atoms with Gasteiger partial charge >= 0.3 is 0 Å². The normalized spacial score (nSPS) is 10.8. The van der Waals surface area contributed by atoms with Crippen LogP contribution in [-0.4, -0.2) is 16.8 Å². The second kappa shape index (κ2) is 8.10. The Bertz CT molecular complexity index is 841. The molecule has 1 amide bonds. The fourth-order valence-corrected chi connectivity index (χ4v) is 2.34. The minimum absolute atomic E-state index is 0.00480. The highest BCUT2D eigenvalue weighted by Crippen LogP contribution is 2.20. The Kier molecular flexibility index (Phi) is 6.10. The predicted octanol–water partition coefficient (Wildman–Crippen LogP) is 4.68. The van der Waals surface area contributed by atoms with Crippen LogP contribution in [0.3, 0.4) is 0 Å². The molecule has 3 N–H and O–H groups in total. The lowest BCUT2D eigenvalue weighted by Gasteiger charge is -2.18. The first-order valence-electron chi connectivity index (χ1n) is 8.26. The lowest BCUT2D eigenvalue weighted by Crippen LogP contribution is -2.27. The van der Waals surface area contributed by atoms with Crippen molar-refractivity contribution >= 4 is 46.1 Å². The standard InChI is InChI=1S/C20H23N3O2S/c1-13(24)14-7-5-8-15(11-14)22-19(26)23-17-10-6-9-16(12-17)21-18(25)20(2,3)4/h5-12H,1-4H3,(H,21,25)(H2,22,23,26). The first kappa shape index (κ1) is 19.6. The van der Waals surface area contributed by atoms with E-state index in [1.165, 1.54) is 6.92 Å². The van der Waals surface area contributed by atoms with Crippen LogP contribution in [-0.2, 0) is 4.79 Å². The van der Waals surface area contributed by atoms with Crippen molar-refractivity contribution in [1.82, 2.24) is 0 Å². The minimum atomic E-state index is -0.470. The molecule has 0 atom stereocenters. The molecular formula is C20H23N3O2S. The number of anilines is 3. The van der Waals surface area contributed by atoms with Gasteiger partial charge in [-0.2, -0.15) is 0 Å². The number of rotatable bonds is 4. The Labute approximate surface area is 159 Å². The van der Waals surface area contributed by atoms with Gasteiger partial charge in [0, 0.05) is 28.0 Å². The average molecular weight is 369 g/mol. The largest absolute Gasteiger partial charge is 0.332 e. The van der Waals surface area contributed by atoms with Gasteiger partial charge in [0.05, 0.1) is 0 Å². The summed E-state index contributed by atoms with van der Waals surface area (Å²) in [6.45, 7) is 7.10. The van der Waals surface area contributed by atoms with Crippen LogP contribution in [0.15, 0.2) is 48.5 Å². The van der Waals surface area contributed by atoms with E-state index in [2.05, 4.69) is 16.0 Å². The van der Waals surface area contributed by atoms with Crippen LogP contribution in [0.1, 0.15) is 38.1 Å². The number of hydrogen-bond donors (Lipinski definition) is 3. The molecule has 5 nitrogen and oxygen atoms in total. The second-order valence-electron chi connectivity index (χ2n) is 7.00. The first-order chi connectivity index (χ1) is 12.1. The Morgan fingerprint density at radius 3 is 1.88 bits per heavy atom. The molecule has 0 aliphatic rings. The van der Waals surface area contributed by atoms with E-state index in [-0.39, 0.29) is 11.7 Å². The van der Waals surface area contributed by atoms with Gasteiger partial charge in [0.15, 0.2) is 10.9 Å². The molecule has 0 unspecified atom stereocenters. The van der Waals surface area contributed by atoms with Gasteiger partial charge in [0.2, 0.25) is 5.91 Å². The van der Waals surface area contributed by atoms with Gasteiger partial charge in [-0.05, 0) is 49.5 Å². The number of carbonyl (C=O) groups is 2. The first-order valence-corrected chi connectivity index (χ1v) is 8.66. The maximum Gasteiger partial charge on any atom is 0.229 e. The molecule has 2 aromatic carbocycles. The summed E-state index contributed by atoms with van der Waals surface area (Å²) < 4.78 is 0. The number of benzene rings is 2. The van der Waals surface area contributed by atoms with Crippen LogP contribution in [0, 0.1) is 5.41 Å². The Morgan fingerprint density at radius 1 is 0.846 bits per heavy atom. The number of Topliss-reactive ketones (excluding diaryl/α,β-unsaturated/α-hetero) is 1. The van der Waals surface area contributed by atoms with Crippen molar-refractivity contribution < 1.29 is 9.59 Å². The molecule has 2 aromatic rings. The molecule has 0 spiro atoms. The van der Waals surface area contributed by atoms with Crippen LogP contribution in [0.4, 0.5) is 17.1 Å². The Morgan fingerprint density at radius 2 is 1.35 bits per heavy atom. The molecule has 0 aromatic heterocycles. The van der Waals surface area contributed by atoms with Crippen LogP contribution < -0.4 is 16.0 Å². The third-order valence-corrected chi connectivity index (χ3v) is 3.79. The average Bonchev–Trinajstić information content (AvgIpc) is 2.54. The van der Waals surface area contributed by atoms with Crippen molar-refractivity contribution in [2.24, 2.45) is 5.41 Å². The summed E-state index contributed by atoms with van der Waals surface area (Å²) in [6, 6.07) is 14.4. The van der Waals surface area contributed by atoms with Gasteiger partial charge in [-0.15, -0.1) is 0 Å². The zero-order valence-corrected chi connectivity index (χ0v) is 16.2. The number of ketones is 1. The summed E-state index contributed by atoms with van der Waals surface area (Å²) in [5, 5.41) is 9.41. The van der Waals surface area contributed by atoms with E-state index < -0.39 is 5.41 Å². The number of nitrogens with one attached hydrogen (secondary N) is 3. The van der Waals surface area contributed by atoms with E-state index in [0.717, 1.165) is 11.4 Å². The van der Waals surface area contributed by atoms with E-state index in [4.69, 9.17) is 12.2 Å². The van der Waals surface area contributed by atoms with Crippen molar-refractivity contribution in [1.29, 1.82) is 0 Å². The van der Waals surface area contributed by atoms with Crippen LogP contribution in [0.5, 0.6) is 0 Å². The SMILES string of the molecule is CC(=O)c1cccc(NC(=S)Nc2cccc(NC(=O)C(C)(C)C)c2)c1. The summed E-state index contributed by atoms with van der Waals surface area (Å²) in [6.07, 6.45) is 0. The Hall–Kier alpha value is -2.73. The number of carbonyl (C=O) groups excluding carboxylic acids is 2. The molecule has 0 fully saturated rings. The highest BCUT2D eigenvalue weighted by molar-refractivity contribution is 7.80. The highest BCUT2D eigenvalue weighted by Gasteiger charge is 2.21. The molecular weight excluding hydrogens is 346 g/mol. The predicted molar refractivity (Wildman–Crippen MR) is 111 cm³/mol. The topological polar surface area (TPSA) is 70.2 Å². The van der Waals surface area contributed by atoms with Crippen molar-refractivity contribution in [2.45, 2.75) is 27.7 Å². The van der Waals surface area contributed by atoms with Crippen molar-refractivity contribution in [3.63, 3.8) is 0 Å². The molecule has 0 aliphatic heterocycles. The van der Waals surface area contributed by atoms with Crippen molar-refractivity contribution in [3.05, 3.63) is 54.1 Å². The molecule has 26 heavy (non-hydrogen) atoms. The number of hydrogen-bond acceptors (Lipinski definition) is 3. The smallest absolute Gasteiger partial charge is 0.229 e. The maximum atomic E-state index is 12.1. The molecule has 0 radical (unpaired) electrons. The van der Waals surface area contributed by atoms with E-state index >= 15 is 0 Å². The quantitative estimate of drug-likeness (QED) is 0.539. The second-order valence-corrected chi connectivity index (χ2v) is 7.41. The lowest BCUT2D eigenvalue weighted by molar-refractivity contribution is -0.123. The lowest BCUT2D eigenvalue weighted by atomic mass is 9.95. The third kappa shape index (κ3) is 5.67. The monoisotopic (exact) mass is 369 g/mol. The van der Waals surface area contributed by atoms with Gasteiger partial charge < -0.3 is 16.0 Å². The zero-order valence-electron chi connectivity index (χ0n) is 15.3. The van der Waals surface area contributed by atoms with Crippen LogP contribution in [0.2, 0.25) is 0 Å². The van der Waals surface area contributed by atoms with E-state index in [9.17, 15) is 9.59 Å². The molecule has 2 rings (SSSR count). The van der Waals surface area contributed by atoms with Crippen LogP contribution in [0.25, 0.3) is 0 Å². The highest BCUT2D eigenvalue weighted by atomic mass is 32.1. The van der Waals surface area contributed by atoms with Gasteiger partial charge in [0.25, 0.3) is 0 Å². The van der Waals surface area contributed by atoms with Gasteiger partial charge in [-0.25, -0.2) is 0 Å². The van der Waals surface area contributed by atoms with E-state index in [1.807, 2.05) is 51.1 Å². The summed E-state index contributed by atoms with van der Waals surface area (Å²) >= 11 is 5.32. The van der Waals surface area contributed by atoms with E-state index in [1.54, 1.807) is 18.2 Å². The summed E-state index contributed by atoms with van der Waals surface area (Å²) in [7, 11) is 0. The fourth-order valence-electron chi connectivity index (χ4n) is 2.10. The maximum absolute atomic E-state index is 12.1. The van der Waals surface area contributed by atoms with Crippen LogP contribution >= 0.6 is 12.2 Å². The zero-order chi connectivity index (χ0) is 19.3. The number of amides is 1. The summed E-state index contributed by atoms with van der Waals surface area (Å²) in [4.78, 5) is 23.6. The molecule has 0 saturated heterocycles. The molecule has 0 bridgehead atoms. The van der Waals surface area contributed by atoms with Gasteiger partial charge in [0.1, 0.15) is 0 Å². The van der Waals surface area contributed by atoms with Gasteiger partial charge in [-0.3, -0.25) is 9.59 Å². The molecule has 0 saturated carbocycles. The molecule has 0 aliphatic carbocycles. The third-order valence-electron chi connectivity index (χ3n) is 3.59. The minimum Gasteiger partial charge on any atom is -0.332 e. The fraction of sp³-hybridized carbons (Fsp3) is 0.250. The summed E-state index contributed by atoms with van der Waals surface area (Å²) in [5.74, 6) is -0.0637. The molecule has 6 heteroatoms. The molecule has 136 valence electrons. The van der Waals surface area contributed by atoms with E-state index in [0.29, 0.717) is 16.4 Å². The molecule has 0 heterocycles. The van der Waals surface area contributed by atoms with Gasteiger partial charge in [-0.1, -0.05) is 39.0 Å². The van der Waals surface area contributed by atoms with Crippen molar-refractivity contribution in [3.8, 4) is 0 Å². The van der Waals surface area contributed by atoms with Crippen molar-refractivity contribution in [2.75, 3.05) is 16.0 Å². The number of thiocarbonyl (C=S) groups is 1. The Balaban J connectivity index is 2.03. The summed E-state index contributed by atoms with van der Waals surface area (Å²) in [5.41, 5.74) is 2.31.